The van der Waals surface area contributed by atoms with Crippen LogP contribution in [0.1, 0.15) is 11.8 Å². The maximum Gasteiger partial charge on any atom is 0.209 e. The van der Waals surface area contributed by atoms with Gasteiger partial charge in [-0.2, -0.15) is 0 Å². The summed E-state index contributed by atoms with van der Waals surface area (Å²) in [5, 5.41) is 11.1. The molecule has 80 valence electrons. The standard InChI is InChI=1S/C9H10BrN3S2/c1-2-13(6-7-4-3-5-14-7)9-12-11-8(10)15-9/h3-5H,2,6H2,1H3. The van der Waals surface area contributed by atoms with E-state index in [1.807, 2.05) is 0 Å². The Labute approximate surface area is 105 Å². The number of nitrogens with zero attached hydrogens (tertiary/aromatic N) is 3. The maximum absolute atomic E-state index is 4.12. The predicted octanol–water partition coefficient (Wildman–Crippen LogP) is 3.39. The molecule has 0 aliphatic rings. The van der Waals surface area contributed by atoms with Crippen molar-refractivity contribution < 1.29 is 0 Å². The van der Waals surface area contributed by atoms with Crippen molar-refractivity contribution in [3.05, 3.63) is 26.3 Å². The third-order valence-corrected chi connectivity index (χ3v) is 4.25. The first-order valence-electron chi connectivity index (χ1n) is 4.56. The van der Waals surface area contributed by atoms with Gasteiger partial charge in [0.05, 0.1) is 6.54 Å². The highest BCUT2D eigenvalue weighted by Crippen LogP contribution is 2.25. The Bertz CT molecular complexity index is 413. The largest absolute Gasteiger partial charge is 0.342 e. The molecule has 2 rings (SSSR count). The Balaban J connectivity index is 2.11. The molecule has 0 bridgehead atoms. The van der Waals surface area contributed by atoms with Gasteiger partial charge < -0.3 is 4.90 Å². The Morgan fingerprint density at radius 1 is 1.47 bits per heavy atom. The number of rotatable bonds is 4. The molecule has 6 heteroatoms. The summed E-state index contributed by atoms with van der Waals surface area (Å²) in [6.45, 7) is 3.98. The molecule has 3 nitrogen and oxygen atoms in total. The number of thiophene rings is 1. The van der Waals surface area contributed by atoms with Gasteiger partial charge in [-0.25, -0.2) is 0 Å². The second-order valence-corrected chi connectivity index (χ2v) is 6.20. The van der Waals surface area contributed by atoms with Crippen LogP contribution in [-0.2, 0) is 6.54 Å². The van der Waals surface area contributed by atoms with Crippen molar-refractivity contribution in [1.29, 1.82) is 0 Å². The van der Waals surface area contributed by atoms with Gasteiger partial charge in [-0.15, -0.1) is 21.5 Å². The highest BCUT2D eigenvalue weighted by Gasteiger charge is 2.10. The van der Waals surface area contributed by atoms with Crippen LogP contribution in [0.4, 0.5) is 5.13 Å². The Morgan fingerprint density at radius 3 is 2.87 bits per heavy atom. The number of anilines is 1. The predicted molar refractivity (Wildman–Crippen MR) is 68.7 cm³/mol. The van der Waals surface area contributed by atoms with E-state index in [4.69, 9.17) is 0 Å². The zero-order chi connectivity index (χ0) is 10.7. The fourth-order valence-corrected chi connectivity index (χ4v) is 3.10. The van der Waals surface area contributed by atoms with Crippen LogP contribution in [0.3, 0.4) is 0 Å². The quantitative estimate of drug-likeness (QED) is 0.867. The van der Waals surface area contributed by atoms with Crippen LogP contribution in [0.15, 0.2) is 21.4 Å². The van der Waals surface area contributed by atoms with Gasteiger partial charge in [0, 0.05) is 11.4 Å². The Hall–Kier alpha value is -0.460. The fraction of sp³-hybridized carbons (Fsp3) is 0.333. The molecule has 0 aliphatic heterocycles. The molecule has 0 fully saturated rings. The van der Waals surface area contributed by atoms with Gasteiger partial charge in [0.2, 0.25) is 5.13 Å². The molecule has 0 aromatic carbocycles. The Morgan fingerprint density at radius 2 is 2.33 bits per heavy atom. The van der Waals surface area contributed by atoms with E-state index in [1.165, 1.54) is 4.88 Å². The van der Waals surface area contributed by atoms with E-state index in [-0.39, 0.29) is 0 Å². The highest BCUT2D eigenvalue weighted by atomic mass is 79.9. The summed E-state index contributed by atoms with van der Waals surface area (Å²) in [6, 6.07) is 4.22. The summed E-state index contributed by atoms with van der Waals surface area (Å²) in [4.78, 5) is 3.57. The van der Waals surface area contributed by atoms with Crippen molar-refractivity contribution in [1.82, 2.24) is 10.2 Å². The van der Waals surface area contributed by atoms with Crippen LogP contribution >= 0.6 is 38.6 Å². The molecule has 0 saturated heterocycles. The smallest absolute Gasteiger partial charge is 0.209 e. The highest BCUT2D eigenvalue weighted by molar-refractivity contribution is 9.11. The molecule has 2 aromatic heterocycles. The average molecular weight is 304 g/mol. The summed E-state index contributed by atoms with van der Waals surface area (Å²) >= 11 is 6.67. The molecule has 0 N–H and O–H groups in total. The normalized spacial score (nSPS) is 10.5. The van der Waals surface area contributed by atoms with Gasteiger partial charge in [-0.3, -0.25) is 0 Å². The molecule has 0 saturated carbocycles. The van der Waals surface area contributed by atoms with Crippen LogP contribution in [0.2, 0.25) is 0 Å². The monoisotopic (exact) mass is 303 g/mol. The molecule has 15 heavy (non-hydrogen) atoms. The minimum atomic E-state index is 0.835. The number of halogens is 1. The first-order valence-corrected chi connectivity index (χ1v) is 7.05. The average Bonchev–Trinajstić information content (AvgIpc) is 2.85. The minimum absolute atomic E-state index is 0.835. The minimum Gasteiger partial charge on any atom is -0.342 e. The summed E-state index contributed by atoms with van der Waals surface area (Å²) in [5.74, 6) is 0. The summed E-state index contributed by atoms with van der Waals surface area (Å²) in [6.07, 6.45) is 0. The lowest BCUT2D eigenvalue weighted by Gasteiger charge is -2.17. The molecule has 0 spiro atoms. The lowest BCUT2D eigenvalue weighted by Crippen LogP contribution is -2.21. The molecule has 0 aliphatic carbocycles. The third kappa shape index (κ3) is 2.76. The van der Waals surface area contributed by atoms with Crippen molar-refractivity contribution in [2.45, 2.75) is 13.5 Å². The maximum atomic E-state index is 4.12. The van der Waals surface area contributed by atoms with Crippen LogP contribution in [-0.4, -0.2) is 16.7 Å². The van der Waals surface area contributed by atoms with E-state index in [2.05, 4.69) is 55.5 Å². The van der Waals surface area contributed by atoms with E-state index in [0.717, 1.165) is 22.1 Å². The molecule has 0 unspecified atom stereocenters. The van der Waals surface area contributed by atoms with Gasteiger partial charge >= 0.3 is 0 Å². The van der Waals surface area contributed by atoms with Crippen LogP contribution in [0.5, 0.6) is 0 Å². The van der Waals surface area contributed by atoms with Gasteiger partial charge in [-0.05, 0) is 34.3 Å². The van der Waals surface area contributed by atoms with Crippen LogP contribution in [0, 0.1) is 0 Å². The molecular weight excluding hydrogens is 294 g/mol. The van der Waals surface area contributed by atoms with Crippen LogP contribution < -0.4 is 4.90 Å². The number of hydrogen-bond donors (Lipinski definition) is 0. The van der Waals surface area contributed by atoms with Gasteiger partial charge in [0.15, 0.2) is 3.92 Å². The summed E-state index contributed by atoms with van der Waals surface area (Å²) < 4.78 is 0.835. The SMILES string of the molecule is CCN(Cc1cccs1)c1nnc(Br)s1. The number of aromatic nitrogens is 2. The van der Waals surface area contributed by atoms with Crippen molar-refractivity contribution in [3.8, 4) is 0 Å². The summed E-state index contributed by atoms with van der Waals surface area (Å²) in [5.41, 5.74) is 0. The van der Waals surface area contributed by atoms with Crippen molar-refractivity contribution >= 4 is 43.7 Å². The second-order valence-electron chi connectivity index (χ2n) is 2.93. The van der Waals surface area contributed by atoms with Crippen molar-refractivity contribution in [3.63, 3.8) is 0 Å². The first kappa shape index (κ1) is 11.0. The molecule has 0 amide bonds. The zero-order valence-corrected chi connectivity index (χ0v) is 11.4. The van der Waals surface area contributed by atoms with E-state index in [0.29, 0.717) is 0 Å². The van der Waals surface area contributed by atoms with E-state index in [9.17, 15) is 0 Å². The summed E-state index contributed by atoms with van der Waals surface area (Å²) in [7, 11) is 0. The Kier molecular flexibility index (Phi) is 3.71. The molecular formula is C9H10BrN3S2. The van der Waals surface area contributed by atoms with E-state index >= 15 is 0 Å². The van der Waals surface area contributed by atoms with Gasteiger partial charge in [0.25, 0.3) is 0 Å². The molecule has 0 atom stereocenters. The van der Waals surface area contributed by atoms with E-state index < -0.39 is 0 Å². The lowest BCUT2D eigenvalue weighted by molar-refractivity contribution is 0.823. The fourth-order valence-electron chi connectivity index (χ4n) is 1.23. The molecule has 2 heterocycles. The molecule has 0 radical (unpaired) electrons. The molecule has 2 aromatic rings. The third-order valence-electron chi connectivity index (χ3n) is 1.97. The zero-order valence-electron chi connectivity index (χ0n) is 8.18. The first-order chi connectivity index (χ1) is 7.29. The topological polar surface area (TPSA) is 29.0 Å². The second kappa shape index (κ2) is 5.05. The lowest BCUT2D eigenvalue weighted by atomic mass is 10.4. The van der Waals surface area contributed by atoms with Gasteiger partial charge in [0.1, 0.15) is 0 Å². The van der Waals surface area contributed by atoms with Gasteiger partial charge in [-0.1, -0.05) is 17.4 Å². The van der Waals surface area contributed by atoms with Crippen molar-refractivity contribution in [2.24, 2.45) is 0 Å². The van der Waals surface area contributed by atoms with E-state index in [1.54, 1.807) is 22.7 Å². The number of hydrogen-bond acceptors (Lipinski definition) is 5. The van der Waals surface area contributed by atoms with Crippen LogP contribution in [0.25, 0.3) is 0 Å². The van der Waals surface area contributed by atoms with Crippen molar-refractivity contribution in [2.75, 3.05) is 11.4 Å².